The van der Waals surface area contributed by atoms with E-state index >= 15 is 0 Å². The van der Waals surface area contributed by atoms with E-state index in [0.717, 1.165) is 0 Å². The fraction of sp³-hybridized carbons (Fsp3) is 0.455. The highest BCUT2D eigenvalue weighted by Crippen LogP contribution is 2.85. The van der Waals surface area contributed by atoms with Crippen LogP contribution in [0.2, 0.25) is 0 Å². The van der Waals surface area contributed by atoms with Crippen molar-refractivity contribution in [3.05, 3.63) is 35.9 Å². The van der Waals surface area contributed by atoms with E-state index in [1.54, 1.807) is 0 Å². The van der Waals surface area contributed by atoms with Gasteiger partial charge in [0.2, 0.25) is 0 Å². The van der Waals surface area contributed by atoms with Crippen LogP contribution in [0.15, 0.2) is 30.3 Å². The Labute approximate surface area is 72.0 Å². The number of benzene rings is 1. The molecule has 0 heterocycles. The van der Waals surface area contributed by atoms with Crippen molar-refractivity contribution >= 4 is 0 Å². The Balaban J connectivity index is 2.04. The minimum absolute atomic E-state index is 0.0765. The summed E-state index contributed by atoms with van der Waals surface area (Å²) >= 11 is 0. The van der Waals surface area contributed by atoms with Crippen molar-refractivity contribution in [2.24, 2.45) is 5.41 Å². The highest BCUT2D eigenvalue weighted by Gasteiger charge is 2.88. The second-order valence-electron chi connectivity index (χ2n) is 4.33. The molecule has 1 heteroatoms. The third kappa shape index (κ3) is 0.469. The highest BCUT2D eigenvalue weighted by atomic mass is 16.3. The number of hydrogen-bond donors (Lipinski definition) is 1. The van der Waals surface area contributed by atoms with Crippen molar-refractivity contribution in [3.63, 3.8) is 0 Å². The molecule has 0 spiro atoms. The SMILES string of the molecule is CC12CC1(c1ccccc1)C2O. The number of fused-ring (bicyclic) bond motifs is 1. The molecule has 3 atom stereocenters. The maximum Gasteiger partial charge on any atom is 0.0706 e. The van der Waals surface area contributed by atoms with Gasteiger partial charge in [0.25, 0.3) is 0 Å². The summed E-state index contributed by atoms with van der Waals surface area (Å²) in [5, 5.41) is 9.65. The zero-order valence-corrected chi connectivity index (χ0v) is 7.12. The van der Waals surface area contributed by atoms with Gasteiger partial charge < -0.3 is 5.11 Å². The molecule has 3 rings (SSSR count). The smallest absolute Gasteiger partial charge is 0.0706 e. The Morgan fingerprint density at radius 2 is 1.92 bits per heavy atom. The minimum Gasteiger partial charge on any atom is -0.392 e. The average Bonchev–Trinajstić information content (AvgIpc) is 2.90. The number of aliphatic hydroxyl groups excluding tert-OH is 1. The van der Waals surface area contributed by atoms with Gasteiger partial charge in [-0.3, -0.25) is 0 Å². The summed E-state index contributed by atoms with van der Waals surface area (Å²) in [4.78, 5) is 0. The van der Waals surface area contributed by atoms with Crippen molar-refractivity contribution in [2.75, 3.05) is 0 Å². The molecule has 2 aliphatic rings. The van der Waals surface area contributed by atoms with Crippen molar-refractivity contribution in [1.29, 1.82) is 0 Å². The zero-order valence-electron chi connectivity index (χ0n) is 7.12. The molecule has 0 bridgehead atoms. The molecule has 0 amide bonds. The van der Waals surface area contributed by atoms with Gasteiger partial charge in [0.1, 0.15) is 0 Å². The van der Waals surface area contributed by atoms with Crippen LogP contribution in [0.4, 0.5) is 0 Å². The molecule has 0 aliphatic heterocycles. The van der Waals surface area contributed by atoms with Gasteiger partial charge in [0.05, 0.1) is 6.10 Å². The largest absolute Gasteiger partial charge is 0.392 e. The van der Waals surface area contributed by atoms with Crippen molar-refractivity contribution in [2.45, 2.75) is 24.9 Å². The summed E-state index contributed by atoms with van der Waals surface area (Å²) in [6.45, 7) is 2.17. The normalized spacial score (nSPS) is 48.3. The molecule has 1 aromatic rings. The van der Waals surface area contributed by atoms with Crippen LogP contribution in [0.5, 0.6) is 0 Å². The molecule has 12 heavy (non-hydrogen) atoms. The average molecular weight is 160 g/mol. The summed E-state index contributed by atoms with van der Waals surface area (Å²) in [5.74, 6) is 0. The summed E-state index contributed by atoms with van der Waals surface area (Å²) in [7, 11) is 0. The first-order chi connectivity index (χ1) is 5.72. The Kier molecular flexibility index (Phi) is 0.887. The fourth-order valence-electron chi connectivity index (χ4n) is 2.66. The molecule has 1 nitrogen and oxygen atoms in total. The summed E-state index contributed by atoms with van der Waals surface area (Å²) in [6, 6.07) is 10.4. The molecular formula is C11H12O. The van der Waals surface area contributed by atoms with Gasteiger partial charge >= 0.3 is 0 Å². The van der Waals surface area contributed by atoms with E-state index in [9.17, 15) is 5.11 Å². The third-order valence-electron chi connectivity index (χ3n) is 3.82. The van der Waals surface area contributed by atoms with Crippen LogP contribution in [0.25, 0.3) is 0 Å². The van der Waals surface area contributed by atoms with E-state index < -0.39 is 0 Å². The van der Waals surface area contributed by atoms with Crippen LogP contribution in [0.3, 0.4) is 0 Å². The first-order valence-electron chi connectivity index (χ1n) is 4.45. The molecule has 0 aromatic heterocycles. The van der Waals surface area contributed by atoms with E-state index in [2.05, 4.69) is 19.1 Å². The molecule has 62 valence electrons. The monoisotopic (exact) mass is 160 g/mol. The Bertz CT molecular complexity index is 332. The highest BCUT2D eigenvalue weighted by molar-refractivity contribution is 5.53. The van der Waals surface area contributed by atoms with E-state index in [-0.39, 0.29) is 16.9 Å². The molecular weight excluding hydrogens is 148 g/mol. The minimum atomic E-state index is -0.0765. The van der Waals surface area contributed by atoms with Crippen molar-refractivity contribution < 1.29 is 5.11 Å². The maximum atomic E-state index is 9.65. The topological polar surface area (TPSA) is 20.2 Å². The second-order valence-corrected chi connectivity index (χ2v) is 4.33. The lowest BCUT2D eigenvalue weighted by molar-refractivity contribution is 0.187. The lowest BCUT2D eigenvalue weighted by atomic mass is 10.0. The third-order valence-corrected chi connectivity index (χ3v) is 3.82. The zero-order chi connectivity index (χ0) is 8.40. The lowest BCUT2D eigenvalue weighted by Crippen LogP contribution is -2.08. The molecule has 2 saturated carbocycles. The Hall–Kier alpha value is -0.820. The standard InChI is InChI=1S/C11H12O/c1-10-7-11(10,9(10)12)8-5-3-2-4-6-8/h2-6,9,12H,7H2,1H3. The van der Waals surface area contributed by atoms with E-state index in [4.69, 9.17) is 0 Å². The summed E-state index contributed by atoms with van der Waals surface area (Å²) in [6.07, 6.45) is 1.10. The fourth-order valence-corrected chi connectivity index (χ4v) is 2.66. The molecule has 2 fully saturated rings. The van der Waals surface area contributed by atoms with Crippen LogP contribution in [0, 0.1) is 5.41 Å². The van der Waals surface area contributed by atoms with Gasteiger partial charge in [-0.05, 0) is 12.0 Å². The van der Waals surface area contributed by atoms with Gasteiger partial charge in [-0.15, -0.1) is 0 Å². The van der Waals surface area contributed by atoms with Crippen LogP contribution >= 0.6 is 0 Å². The van der Waals surface area contributed by atoms with Gasteiger partial charge in [0.15, 0.2) is 0 Å². The molecule has 0 saturated heterocycles. The van der Waals surface area contributed by atoms with Gasteiger partial charge in [-0.1, -0.05) is 37.3 Å². The van der Waals surface area contributed by atoms with E-state index in [0.29, 0.717) is 0 Å². The first kappa shape index (κ1) is 6.67. The van der Waals surface area contributed by atoms with Crippen molar-refractivity contribution in [1.82, 2.24) is 0 Å². The number of aliphatic hydroxyl groups is 1. The molecule has 3 unspecified atom stereocenters. The van der Waals surface area contributed by atoms with Gasteiger partial charge in [0, 0.05) is 10.8 Å². The van der Waals surface area contributed by atoms with Crippen LogP contribution in [0.1, 0.15) is 18.9 Å². The maximum absolute atomic E-state index is 9.65. The molecule has 1 N–H and O–H groups in total. The predicted molar refractivity (Wildman–Crippen MR) is 46.9 cm³/mol. The van der Waals surface area contributed by atoms with Crippen LogP contribution < -0.4 is 0 Å². The van der Waals surface area contributed by atoms with Crippen LogP contribution in [-0.4, -0.2) is 11.2 Å². The predicted octanol–water partition coefficient (Wildman–Crippen LogP) is 1.71. The van der Waals surface area contributed by atoms with E-state index in [1.165, 1.54) is 12.0 Å². The summed E-state index contributed by atoms with van der Waals surface area (Å²) < 4.78 is 0. The number of hydrogen-bond acceptors (Lipinski definition) is 1. The van der Waals surface area contributed by atoms with E-state index in [1.807, 2.05) is 18.2 Å². The van der Waals surface area contributed by atoms with Gasteiger partial charge in [-0.2, -0.15) is 0 Å². The second kappa shape index (κ2) is 1.60. The van der Waals surface area contributed by atoms with Crippen LogP contribution in [-0.2, 0) is 5.41 Å². The molecule has 2 aliphatic carbocycles. The van der Waals surface area contributed by atoms with Crippen molar-refractivity contribution in [3.8, 4) is 0 Å². The Morgan fingerprint density at radius 1 is 1.33 bits per heavy atom. The molecule has 0 radical (unpaired) electrons. The molecule has 1 aromatic carbocycles. The summed E-state index contributed by atoms with van der Waals surface area (Å²) in [5.41, 5.74) is 1.71. The first-order valence-corrected chi connectivity index (χ1v) is 4.45. The number of rotatable bonds is 1. The quantitative estimate of drug-likeness (QED) is 0.663. The Morgan fingerprint density at radius 3 is 2.33 bits per heavy atom. The lowest BCUT2D eigenvalue weighted by Gasteiger charge is -2.06. The van der Waals surface area contributed by atoms with Gasteiger partial charge in [-0.25, -0.2) is 0 Å².